The Labute approximate surface area is 195 Å². The van der Waals surface area contributed by atoms with Gasteiger partial charge in [-0.1, -0.05) is 42.5 Å². The summed E-state index contributed by atoms with van der Waals surface area (Å²) < 4.78 is 27.2. The zero-order valence-corrected chi connectivity index (χ0v) is 19.8. The zero-order chi connectivity index (χ0) is 23.4. The third-order valence-electron chi connectivity index (χ3n) is 5.95. The van der Waals surface area contributed by atoms with E-state index in [1.54, 1.807) is 28.6 Å². The summed E-state index contributed by atoms with van der Waals surface area (Å²) in [4.78, 5) is 15.4. The average molecular weight is 464 g/mol. The Morgan fingerprint density at radius 2 is 1.61 bits per heavy atom. The van der Waals surface area contributed by atoms with E-state index in [2.05, 4.69) is 10.2 Å². The molecule has 0 aliphatic carbocycles. The van der Waals surface area contributed by atoms with Gasteiger partial charge in [0.1, 0.15) is 0 Å². The summed E-state index contributed by atoms with van der Waals surface area (Å²) in [5, 5.41) is 3.01. The molecule has 6 nitrogen and oxygen atoms in total. The molecule has 33 heavy (non-hydrogen) atoms. The molecule has 1 heterocycles. The monoisotopic (exact) mass is 463 g/mol. The van der Waals surface area contributed by atoms with Gasteiger partial charge in [0.15, 0.2) is 0 Å². The molecule has 1 aliphatic rings. The van der Waals surface area contributed by atoms with Crippen molar-refractivity contribution in [3.63, 3.8) is 0 Å². The van der Waals surface area contributed by atoms with Gasteiger partial charge in [0.2, 0.25) is 10.0 Å². The molecule has 1 N–H and O–H groups in total. The number of hydrogen-bond donors (Lipinski definition) is 1. The van der Waals surface area contributed by atoms with Crippen molar-refractivity contribution in [2.75, 3.05) is 31.5 Å². The second-order valence-electron chi connectivity index (χ2n) is 8.47. The SMILES string of the molecule is Cc1ccc(C)c(NC(=O)c2cccc(CN3CCN(S(=O)(=O)c4ccccc4)CC3)c2)c1. The van der Waals surface area contributed by atoms with Crippen LogP contribution in [0.2, 0.25) is 0 Å². The van der Waals surface area contributed by atoms with E-state index in [1.807, 2.05) is 62.4 Å². The van der Waals surface area contributed by atoms with Crippen molar-refractivity contribution in [2.24, 2.45) is 0 Å². The number of anilines is 1. The highest BCUT2D eigenvalue weighted by Gasteiger charge is 2.28. The van der Waals surface area contributed by atoms with Crippen molar-refractivity contribution < 1.29 is 13.2 Å². The second kappa shape index (κ2) is 9.87. The number of amides is 1. The van der Waals surface area contributed by atoms with Gasteiger partial charge >= 0.3 is 0 Å². The zero-order valence-electron chi connectivity index (χ0n) is 19.0. The number of hydrogen-bond acceptors (Lipinski definition) is 4. The summed E-state index contributed by atoms with van der Waals surface area (Å²) >= 11 is 0. The van der Waals surface area contributed by atoms with Gasteiger partial charge in [0, 0.05) is 44.0 Å². The lowest BCUT2D eigenvalue weighted by Gasteiger charge is -2.34. The van der Waals surface area contributed by atoms with Crippen LogP contribution in [0.3, 0.4) is 0 Å². The molecule has 1 saturated heterocycles. The largest absolute Gasteiger partial charge is 0.322 e. The van der Waals surface area contributed by atoms with Crippen LogP contribution in [0.5, 0.6) is 0 Å². The minimum atomic E-state index is -3.46. The maximum absolute atomic E-state index is 12.8. The van der Waals surface area contributed by atoms with Crippen LogP contribution >= 0.6 is 0 Å². The van der Waals surface area contributed by atoms with Gasteiger partial charge in [-0.15, -0.1) is 0 Å². The van der Waals surface area contributed by atoms with Crippen LogP contribution in [-0.2, 0) is 16.6 Å². The Bertz CT molecular complexity index is 1230. The summed E-state index contributed by atoms with van der Waals surface area (Å²) in [7, 11) is -3.46. The maximum Gasteiger partial charge on any atom is 0.255 e. The van der Waals surface area contributed by atoms with E-state index in [1.165, 1.54) is 0 Å². The number of aryl methyl sites for hydroxylation is 2. The summed E-state index contributed by atoms with van der Waals surface area (Å²) in [6.07, 6.45) is 0. The molecular formula is C26H29N3O3S. The summed E-state index contributed by atoms with van der Waals surface area (Å²) in [6.45, 7) is 6.83. The molecule has 7 heteroatoms. The van der Waals surface area contributed by atoms with Crippen molar-refractivity contribution in [1.82, 2.24) is 9.21 Å². The molecule has 1 aliphatic heterocycles. The van der Waals surface area contributed by atoms with Crippen LogP contribution in [0.4, 0.5) is 5.69 Å². The number of rotatable bonds is 6. The van der Waals surface area contributed by atoms with Gasteiger partial charge in [-0.05, 0) is 60.9 Å². The summed E-state index contributed by atoms with van der Waals surface area (Å²) in [6, 6.07) is 22.2. The highest BCUT2D eigenvalue weighted by atomic mass is 32.2. The molecule has 172 valence electrons. The molecule has 0 unspecified atom stereocenters. The fraction of sp³-hybridized carbons (Fsp3) is 0.269. The smallest absolute Gasteiger partial charge is 0.255 e. The van der Waals surface area contributed by atoms with Gasteiger partial charge in [0.25, 0.3) is 5.91 Å². The minimum Gasteiger partial charge on any atom is -0.322 e. The van der Waals surface area contributed by atoms with E-state index in [0.29, 0.717) is 43.2 Å². The van der Waals surface area contributed by atoms with Crippen molar-refractivity contribution in [2.45, 2.75) is 25.3 Å². The predicted octanol–water partition coefficient (Wildman–Crippen LogP) is 4.06. The van der Waals surface area contributed by atoms with E-state index in [-0.39, 0.29) is 5.91 Å². The summed E-state index contributed by atoms with van der Waals surface area (Å²) in [5.41, 5.74) is 4.58. The van der Waals surface area contributed by atoms with Crippen LogP contribution in [0.15, 0.2) is 77.7 Å². The average Bonchev–Trinajstić information content (AvgIpc) is 2.82. The first-order valence-corrected chi connectivity index (χ1v) is 12.5. The Morgan fingerprint density at radius 1 is 0.879 bits per heavy atom. The number of carbonyl (C=O) groups excluding carboxylic acids is 1. The first-order chi connectivity index (χ1) is 15.8. The molecule has 0 spiro atoms. The number of nitrogens with zero attached hydrogens (tertiary/aromatic N) is 2. The van der Waals surface area contributed by atoms with Crippen molar-refractivity contribution >= 4 is 21.6 Å². The third kappa shape index (κ3) is 5.50. The second-order valence-corrected chi connectivity index (χ2v) is 10.4. The fourth-order valence-corrected chi connectivity index (χ4v) is 5.45. The molecule has 4 rings (SSSR count). The highest BCUT2D eigenvalue weighted by Crippen LogP contribution is 2.20. The van der Waals surface area contributed by atoms with E-state index in [4.69, 9.17) is 0 Å². The first-order valence-electron chi connectivity index (χ1n) is 11.1. The molecule has 3 aromatic carbocycles. The molecule has 0 atom stereocenters. The van der Waals surface area contributed by atoms with Crippen LogP contribution in [0, 0.1) is 13.8 Å². The van der Waals surface area contributed by atoms with Crippen LogP contribution in [-0.4, -0.2) is 49.7 Å². The Kier molecular flexibility index (Phi) is 6.93. The van der Waals surface area contributed by atoms with E-state index in [9.17, 15) is 13.2 Å². The number of benzene rings is 3. The van der Waals surface area contributed by atoms with E-state index >= 15 is 0 Å². The predicted molar refractivity (Wildman–Crippen MR) is 131 cm³/mol. The van der Waals surface area contributed by atoms with Gasteiger partial charge in [-0.2, -0.15) is 4.31 Å². The molecule has 1 amide bonds. The lowest BCUT2D eigenvalue weighted by molar-refractivity contribution is 0.102. The molecular weight excluding hydrogens is 434 g/mol. The normalized spacial score (nSPS) is 15.3. The standard InChI is InChI=1S/C26H29N3O3S/c1-20-11-12-21(2)25(17-20)27-26(30)23-8-6-7-22(18-23)19-28-13-15-29(16-14-28)33(31,32)24-9-4-3-5-10-24/h3-12,17-18H,13-16,19H2,1-2H3,(H,27,30). The third-order valence-corrected chi connectivity index (χ3v) is 7.86. The first kappa shape index (κ1) is 23.2. The van der Waals surface area contributed by atoms with Crippen molar-refractivity contribution in [3.05, 3.63) is 95.1 Å². The van der Waals surface area contributed by atoms with Gasteiger partial charge in [-0.25, -0.2) is 8.42 Å². The lowest BCUT2D eigenvalue weighted by atomic mass is 10.1. The molecule has 0 aromatic heterocycles. The Morgan fingerprint density at radius 3 is 2.33 bits per heavy atom. The fourth-order valence-electron chi connectivity index (χ4n) is 4.00. The van der Waals surface area contributed by atoms with Crippen LogP contribution < -0.4 is 5.32 Å². The molecule has 1 fully saturated rings. The van der Waals surface area contributed by atoms with Gasteiger partial charge < -0.3 is 5.32 Å². The topological polar surface area (TPSA) is 69.7 Å². The van der Waals surface area contributed by atoms with Crippen LogP contribution in [0.25, 0.3) is 0 Å². The Balaban J connectivity index is 1.37. The molecule has 3 aromatic rings. The lowest BCUT2D eigenvalue weighted by Crippen LogP contribution is -2.48. The quantitative estimate of drug-likeness (QED) is 0.599. The molecule has 0 radical (unpaired) electrons. The van der Waals surface area contributed by atoms with Crippen molar-refractivity contribution in [1.29, 1.82) is 0 Å². The Hall–Kier alpha value is -3.00. The number of sulfonamides is 1. The molecule has 0 saturated carbocycles. The van der Waals surface area contributed by atoms with Gasteiger partial charge in [-0.3, -0.25) is 9.69 Å². The number of nitrogens with one attached hydrogen (secondary N) is 1. The molecule has 0 bridgehead atoms. The number of carbonyl (C=O) groups is 1. The maximum atomic E-state index is 12.8. The van der Waals surface area contributed by atoms with Gasteiger partial charge in [0.05, 0.1) is 4.90 Å². The van der Waals surface area contributed by atoms with E-state index in [0.717, 1.165) is 22.4 Å². The van der Waals surface area contributed by atoms with E-state index < -0.39 is 10.0 Å². The number of piperazine rings is 1. The van der Waals surface area contributed by atoms with Crippen molar-refractivity contribution in [3.8, 4) is 0 Å². The highest BCUT2D eigenvalue weighted by molar-refractivity contribution is 7.89. The minimum absolute atomic E-state index is 0.135. The summed E-state index contributed by atoms with van der Waals surface area (Å²) in [5.74, 6) is -0.135. The van der Waals surface area contributed by atoms with Crippen LogP contribution in [0.1, 0.15) is 27.0 Å².